The molecule has 1 amide bonds. The van der Waals surface area contributed by atoms with E-state index < -0.39 is 49.5 Å². The third kappa shape index (κ3) is 48.7. The van der Waals surface area contributed by atoms with Crippen molar-refractivity contribution in [1.82, 2.24) is 5.32 Å². The molecule has 0 saturated carbocycles. The first-order valence-electron chi connectivity index (χ1n) is 35.2. The average Bonchev–Trinajstić information content (AvgIpc) is 3.46. The minimum Gasteiger partial charge on any atom is -0.394 e. The molecule has 0 bridgehead atoms. The van der Waals surface area contributed by atoms with Gasteiger partial charge in [-0.05, 0) is 57.8 Å². The molecular formula is C71H135NO8. The summed E-state index contributed by atoms with van der Waals surface area (Å²) in [5, 5.41) is 54.6. The lowest BCUT2D eigenvalue weighted by Gasteiger charge is -2.40. The fraction of sp³-hybridized carbons (Fsp3) is 0.901. The molecule has 0 aromatic rings. The standard InChI is InChI=1S/C71H135NO8/c1-3-5-7-9-11-13-15-17-19-21-23-24-25-26-27-28-29-30-31-32-33-34-35-36-37-38-39-40-41-42-43-45-47-49-51-53-55-57-59-61-67(75)72-64(63-79-71-70(78)69(77)68(76)66(62-73)80-71)65(74)60-58-56-54-52-50-48-46-44-22-20-18-16-14-12-10-8-6-4-2/h21,23,50,52,58,60,64-66,68-71,73-74,76-78H,3-20,22,24-49,51,53-57,59,61-63H2,1-2H3,(H,72,75)/b23-21-,52-50+,60-58+. The van der Waals surface area contributed by atoms with Crippen LogP contribution in [0.15, 0.2) is 36.5 Å². The van der Waals surface area contributed by atoms with Crippen LogP contribution in [0.2, 0.25) is 0 Å². The lowest BCUT2D eigenvalue weighted by atomic mass is 9.99. The third-order valence-electron chi connectivity index (χ3n) is 16.9. The van der Waals surface area contributed by atoms with Gasteiger partial charge in [0.15, 0.2) is 6.29 Å². The lowest BCUT2D eigenvalue weighted by molar-refractivity contribution is -0.302. The topological polar surface area (TPSA) is 149 Å². The second-order valence-corrected chi connectivity index (χ2v) is 24.7. The fourth-order valence-corrected chi connectivity index (χ4v) is 11.4. The van der Waals surface area contributed by atoms with Gasteiger partial charge >= 0.3 is 0 Å². The van der Waals surface area contributed by atoms with Crippen LogP contribution in [-0.4, -0.2) is 87.5 Å². The van der Waals surface area contributed by atoms with Crippen LogP contribution in [0, 0.1) is 0 Å². The quantitative estimate of drug-likeness (QED) is 0.0261. The largest absolute Gasteiger partial charge is 0.394 e. The van der Waals surface area contributed by atoms with Crippen LogP contribution < -0.4 is 5.32 Å². The van der Waals surface area contributed by atoms with Gasteiger partial charge in [0.25, 0.3) is 0 Å². The first kappa shape index (κ1) is 76.4. The van der Waals surface area contributed by atoms with Crippen molar-refractivity contribution in [2.75, 3.05) is 13.2 Å². The molecule has 472 valence electrons. The normalized spacial score (nSPS) is 18.6. The summed E-state index contributed by atoms with van der Waals surface area (Å²) in [6.07, 6.45) is 74.2. The number of aliphatic hydroxyl groups excluding tert-OH is 5. The molecule has 0 aromatic heterocycles. The molecule has 1 saturated heterocycles. The van der Waals surface area contributed by atoms with E-state index >= 15 is 0 Å². The van der Waals surface area contributed by atoms with Crippen molar-refractivity contribution in [3.8, 4) is 0 Å². The van der Waals surface area contributed by atoms with Crippen LogP contribution in [0.1, 0.15) is 354 Å². The molecule has 9 nitrogen and oxygen atoms in total. The Morgan fingerprint density at radius 3 is 1.05 bits per heavy atom. The zero-order valence-electron chi connectivity index (χ0n) is 52.9. The van der Waals surface area contributed by atoms with Gasteiger partial charge in [-0.15, -0.1) is 0 Å². The van der Waals surface area contributed by atoms with E-state index in [4.69, 9.17) is 9.47 Å². The number of rotatable bonds is 62. The molecule has 1 aliphatic rings. The molecule has 1 heterocycles. The number of allylic oxidation sites excluding steroid dienone is 5. The number of amides is 1. The molecule has 7 atom stereocenters. The van der Waals surface area contributed by atoms with Gasteiger partial charge in [-0.3, -0.25) is 4.79 Å². The summed E-state index contributed by atoms with van der Waals surface area (Å²) in [4.78, 5) is 13.1. The number of carbonyl (C=O) groups is 1. The number of aliphatic hydroxyl groups is 5. The summed E-state index contributed by atoms with van der Waals surface area (Å²) >= 11 is 0. The van der Waals surface area contributed by atoms with E-state index in [1.807, 2.05) is 6.08 Å². The van der Waals surface area contributed by atoms with Gasteiger partial charge in [0, 0.05) is 6.42 Å². The van der Waals surface area contributed by atoms with E-state index in [0.29, 0.717) is 6.42 Å². The SMILES string of the molecule is CCCCCCCCCC/C=C\CCCCCCCCCCCCCCCCCCCCCCCCCCCCCC(=O)NC(COC1OC(CO)C(O)C(O)C1O)C(O)/C=C/CC/C=C/CCCCCCCCCCCCCC. The highest BCUT2D eigenvalue weighted by molar-refractivity contribution is 5.76. The van der Waals surface area contributed by atoms with Crippen LogP contribution in [-0.2, 0) is 14.3 Å². The summed E-state index contributed by atoms with van der Waals surface area (Å²) in [5.41, 5.74) is 0. The maximum Gasteiger partial charge on any atom is 0.220 e. The zero-order valence-corrected chi connectivity index (χ0v) is 52.9. The minimum atomic E-state index is -1.57. The van der Waals surface area contributed by atoms with Gasteiger partial charge in [-0.2, -0.15) is 0 Å². The third-order valence-corrected chi connectivity index (χ3v) is 16.9. The highest BCUT2D eigenvalue weighted by atomic mass is 16.7. The number of ether oxygens (including phenoxy) is 2. The lowest BCUT2D eigenvalue weighted by Crippen LogP contribution is -2.60. The van der Waals surface area contributed by atoms with Gasteiger partial charge in [0.1, 0.15) is 24.4 Å². The summed E-state index contributed by atoms with van der Waals surface area (Å²) in [7, 11) is 0. The van der Waals surface area contributed by atoms with Crippen molar-refractivity contribution < 1.29 is 39.8 Å². The average molecular weight is 1130 g/mol. The van der Waals surface area contributed by atoms with E-state index in [1.165, 1.54) is 295 Å². The van der Waals surface area contributed by atoms with Gasteiger partial charge in [0.2, 0.25) is 5.91 Å². The maximum atomic E-state index is 13.1. The summed E-state index contributed by atoms with van der Waals surface area (Å²) in [5.74, 6) is -0.180. The molecule has 0 aromatic carbocycles. The van der Waals surface area contributed by atoms with E-state index in [0.717, 1.165) is 38.5 Å². The number of carbonyl (C=O) groups excluding carboxylic acids is 1. The Bertz CT molecular complexity index is 1360. The van der Waals surface area contributed by atoms with Gasteiger partial charge in [-0.25, -0.2) is 0 Å². The Balaban J connectivity index is 2.05. The van der Waals surface area contributed by atoms with E-state index in [2.05, 4.69) is 43.5 Å². The van der Waals surface area contributed by atoms with Crippen LogP contribution in [0.25, 0.3) is 0 Å². The van der Waals surface area contributed by atoms with E-state index in [9.17, 15) is 30.3 Å². The molecule has 1 rings (SSSR count). The number of hydrogen-bond donors (Lipinski definition) is 6. The molecule has 1 fully saturated rings. The Kier molecular flexibility index (Phi) is 57.8. The van der Waals surface area contributed by atoms with E-state index in [1.54, 1.807) is 6.08 Å². The second kappa shape index (κ2) is 60.5. The van der Waals surface area contributed by atoms with Crippen molar-refractivity contribution in [1.29, 1.82) is 0 Å². The molecule has 1 aliphatic heterocycles. The number of hydrogen-bond acceptors (Lipinski definition) is 8. The second-order valence-electron chi connectivity index (χ2n) is 24.7. The Morgan fingerprint density at radius 1 is 0.412 bits per heavy atom. The van der Waals surface area contributed by atoms with Crippen molar-refractivity contribution in [3.05, 3.63) is 36.5 Å². The monoisotopic (exact) mass is 1130 g/mol. The van der Waals surface area contributed by atoms with E-state index in [-0.39, 0.29) is 12.5 Å². The van der Waals surface area contributed by atoms with Gasteiger partial charge in [-0.1, -0.05) is 326 Å². The predicted molar refractivity (Wildman–Crippen MR) is 341 cm³/mol. The minimum absolute atomic E-state index is 0.180. The van der Waals surface area contributed by atoms with Gasteiger partial charge < -0.3 is 40.3 Å². The van der Waals surface area contributed by atoms with Crippen LogP contribution in [0.5, 0.6) is 0 Å². The molecule has 6 N–H and O–H groups in total. The zero-order chi connectivity index (χ0) is 57.9. The molecule has 0 aliphatic carbocycles. The fourth-order valence-electron chi connectivity index (χ4n) is 11.4. The Hall–Kier alpha value is -1.59. The number of unbranched alkanes of at least 4 members (excludes halogenated alkanes) is 48. The molecule has 7 unspecified atom stereocenters. The Morgan fingerprint density at radius 2 is 0.713 bits per heavy atom. The molecular weight excluding hydrogens is 995 g/mol. The maximum absolute atomic E-state index is 13.1. The summed E-state index contributed by atoms with van der Waals surface area (Å²) in [6.45, 7) is 3.80. The molecule has 0 radical (unpaired) electrons. The van der Waals surface area contributed by atoms with Crippen molar-refractivity contribution in [2.24, 2.45) is 0 Å². The van der Waals surface area contributed by atoms with Crippen LogP contribution >= 0.6 is 0 Å². The van der Waals surface area contributed by atoms with Crippen LogP contribution in [0.3, 0.4) is 0 Å². The predicted octanol–water partition coefficient (Wildman–Crippen LogP) is 19.0. The smallest absolute Gasteiger partial charge is 0.220 e. The van der Waals surface area contributed by atoms with Gasteiger partial charge in [0.05, 0.1) is 25.4 Å². The Labute approximate surface area is 495 Å². The van der Waals surface area contributed by atoms with Crippen LogP contribution in [0.4, 0.5) is 0 Å². The van der Waals surface area contributed by atoms with Crippen molar-refractivity contribution in [2.45, 2.75) is 397 Å². The summed E-state index contributed by atoms with van der Waals surface area (Å²) in [6, 6.07) is -0.820. The molecule has 9 heteroatoms. The number of nitrogens with one attached hydrogen (secondary N) is 1. The molecule has 0 spiro atoms. The van der Waals surface area contributed by atoms with Crippen molar-refractivity contribution in [3.63, 3.8) is 0 Å². The van der Waals surface area contributed by atoms with Crippen molar-refractivity contribution >= 4 is 5.91 Å². The first-order valence-corrected chi connectivity index (χ1v) is 35.2. The summed E-state index contributed by atoms with van der Waals surface area (Å²) < 4.78 is 11.3. The highest BCUT2D eigenvalue weighted by Gasteiger charge is 2.44. The highest BCUT2D eigenvalue weighted by Crippen LogP contribution is 2.23. The first-order chi connectivity index (χ1) is 39.3. The molecule has 80 heavy (non-hydrogen) atoms.